The molecule has 1 aromatic rings. The van der Waals surface area contributed by atoms with Gasteiger partial charge in [-0.1, -0.05) is 30.3 Å². The Morgan fingerprint density at radius 3 is 2.67 bits per heavy atom. The average molecular weight is 373 g/mol. The molecule has 0 bridgehead atoms. The summed E-state index contributed by atoms with van der Waals surface area (Å²) in [4.78, 5) is 28.3. The van der Waals surface area contributed by atoms with Crippen LogP contribution in [-0.4, -0.2) is 61.5 Å². The van der Waals surface area contributed by atoms with Crippen LogP contribution < -0.4 is 0 Å². The minimum absolute atomic E-state index is 0.192. The van der Waals surface area contributed by atoms with E-state index >= 15 is 0 Å². The molecule has 27 heavy (non-hydrogen) atoms. The topological polar surface area (TPSA) is 49.9 Å². The predicted molar refractivity (Wildman–Crippen MR) is 105 cm³/mol. The Morgan fingerprint density at radius 2 is 1.89 bits per heavy atom. The molecule has 2 fully saturated rings. The number of hydrogen-bond donors (Lipinski definition) is 0. The summed E-state index contributed by atoms with van der Waals surface area (Å²) in [6.07, 6.45) is 6.00. The highest BCUT2D eigenvalue weighted by atomic mass is 16.5. The number of amides is 1. The molecular weight excluding hydrogens is 340 g/mol. The lowest BCUT2D eigenvalue weighted by atomic mass is 9.79. The molecule has 5 nitrogen and oxygen atoms in total. The zero-order chi connectivity index (χ0) is 19.1. The van der Waals surface area contributed by atoms with E-state index in [2.05, 4.69) is 40.0 Å². The maximum absolute atomic E-state index is 12.5. The van der Waals surface area contributed by atoms with E-state index in [1.807, 2.05) is 4.90 Å². The van der Waals surface area contributed by atoms with Crippen molar-refractivity contribution in [2.75, 3.05) is 39.8 Å². The molecule has 2 aliphatic heterocycles. The molecule has 0 saturated carbocycles. The van der Waals surface area contributed by atoms with Crippen molar-refractivity contribution in [3.8, 4) is 0 Å². The van der Waals surface area contributed by atoms with E-state index in [0.717, 1.165) is 39.0 Å². The molecule has 2 heterocycles. The minimum atomic E-state index is -0.234. The van der Waals surface area contributed by atoms with Gasteiger partial charge in [-0.15, -0.1) is 0 Å². The van der Waals surface area contributed by atoms with Crippen LogP contribution in [0.15, 0.2) is 30.3 Å². The van der Waals surface area contributed by atoms with E-state index in [-0.39, 0.29) is 17.3 Å². The maximum atomic E-state index is 12.5. The van der Waals surface area contributed by atoms with Crippen LogP contribution >= 0.6 is 0 Å². The lowest BCUT2D eigenvalue weighted by Gasteiger charge is -2.40. The van der Waals surface area contributed by atoms with Gasteiger partial charge in [0.05, 0.1) is 7.11 Å². The molecule has 1 atom stereocenters. The first-order chi connectivity index (χ1) is 13.1. The highest BCUT2D eigenvalue weighted by molar-refractivity contribution is 5.77. The third kappa shape index (κ3) is 5.55. The van der Waals surface area contributed by atoms with Crippen molar-refractivity contribution >= 4 is 11.9 Å². The Balaban J connectivity index is 1.45. The normalized spacial score (nSPS) is 22.9. The van der Waals surface area contributed by atoms with E-state index in [0.29, 0.717) is 19.3 Å². The SMILES string of the molecule is COC(=O)CCCC(=O)N1CCC2(CCCN(CCc3ccccc3)C2)C1. The van der Waals surface area contributed by atoms with Crippen LogP contribution in [0.5, 0.6) is 0 Å². The van der Waals surface area contributed by atoms with E-state index < -0.39 is 0 Å². The van der Waals surface area contributed by atoms with Gasteiger partial charge in [0.25, 0.3) is 0 Å². The molecule has 1 amide bonds. The molecule has 1 spiro atoms. The van der Waals surface area contributed by atoms with Gasteiger partial charge in [-0.05, 0) is 44.2 Å². The number of esters is 1. The second-order valence-corrected chi connectivity index (χ2v) is 8.11. The van der Waals surface area contributed by atoms with Gasteiger partial charge in [-0.25, -0.2) is 0 Å². The quantitative estimate of drug-likeness (QED) is 0.691. The molecule has 0 radical (unpaired) electrons. The van der Waals surface area contributed by atoms with Gasteiger partial charge in [0, 0.05) is 44.4 Å². The van der Waals surface area contributed by atoms with Crippen molar-refractivity contribution in [3.63, 3.8) is 0 Å². The van der Waals surface area contributed by atoms with E-state index in [1.54, 1.807) is 0 Å². The first-order valence-electron chi connectivity index (χ1n) is 10.2. The lowest BCUT2D eigenvalue weighted by molar-refractivity contribution is -0.140. The Labute approximate surface area is 162 Å². The number of methoxy groups -OCH3 is 1. The van der Waals surface area contributed by atoms with Crippen LogP contribution in [0.25, 0.3) is 0 Å². The van der Waals surface area contributed by atoms with Crippen molar-refractivity contribution in [3.05, 3.63) is 35.9 Å². The van der Waals surface area contributed by atoms with E-state index in [1.165, 1.54) is 32.1 Å². The summed E-state index contributed by atoms with van der Waals surface area (Å²) in [5.74, 6) is -0.0424. The summed E-state index contributed by atoms with van der Waals surface area (Å²) in [5, 5.41) is 0. The standard InChI is InChI=1S/C22H32N2O3/c1-27-21(26)10-5-9-20(25)24-16-13-22(18-24)12-6-14-23(17-22)15-11-19-7-3-2-4-8-19/h2-4,7-8H,5-6,9-18H2,1H3. The number of likely N-dealkylation sites (tertiary alicyclic amines) is 2. The van der Waals surface area contributed by atoms with Gasteiger partial charge in [0.2, 0.25) is 5.91 Å². The number of piperidine rings is 1. The van der Waals surface area contributed by atoms with Crippen LogP contribution in [-0.2, 0) is 20.7 Å². The Bertz CT molecular complexity index is 634. The number of rotatable bonds is 7. The zero-order valence-corrected chi connectivity index (χ0v) is 16.5. The summed E-state index contributed by atoms with van der Waals surface area (Å²) in [6.45, 7) is 5.11. The molecule has 0 aromatic heterocycles. The maximum Gasteiger partial charge on any atom is 0.305 e. The lowest BCUT2D eigenvalue weighted by Crippen LogP contribution is -2.46. The van der Waals surface area contributed by atoms with Crippen molar-refractivity contribution in [2.24, 2.45) is 5.41 Å². The Kier molecular flexibility index (Phi) is 6.89. The minimum Gasteiger partial charge on any atom is -0.469 e. The second-order valence-electron chi connectivity index (χ2n) is 8.11. The smallest absolute Gasteiger partial charge is 0.305 e. The van der Waals surface area contributed by atoms with Gasteiger partial charge >= 0.3 is 5.97 Å². The molecule has 148 valence electrons. The molecule has 1 unspecified atom stereocenters. The Hall–Kier alpha value is -1.88. The molecular formula is C22H32N2O3. The van der Waals surface area contributed by atoms with E-state index in [9.17, 15) is 9.59 Å². The molecule has 2 saturated heterocycles. The van der Waals surface area contributed by atoms with Crippen LogP contribution in [0.4, 0.5) is 0 Å². The summed E-state index contributed by atoms with van der Waals surface area (Å²) in [5.41, 5.74) is 1.67. The van der Waals surface area contributed by atoms with Crippen molar-refractivity contribution < 1.29 is 14.3 Å². The van der Waals surface area contributed by atoms with Crippen LogP contribution in [0.1, 0.15) is 44.1 Å². The number of nitrogens with zero attached hydrogens (tertiary/aromatic N) is 2. The first-order valence-corrected chi connectivity index (χ1v) is 10.2. The fourth-order valence-electron chi connectivity index (χ4n) is 4.56. The molecule has 3 rings (SSSR count). The van der Waals surface area contributed by atoms with Crippen molar-refractivity contribution in [1.82, 2.24) is 9.80 Å². The first kappa shape index (κ1) is 19.9. The van der Waals surface area contributed by atoms with Crippen molar-refractivity contribution in [2.45, 2.75) is 44.9 Å². The number of carbonyl (C=O) groups excluding carboxylic acids is 2. The monoisotopic (exact) mass is 372 g/mol. The fourth-order valence-corrected chi connectivity index (χ4v) is 4.56. The largest absolute Gasteiger partial charge is 0.469 e. The van der Waals surface area contributed by atoms with Gasteiger partial charge < -0.3 is 14.5 Å². The highest BCUT2D eigenvalue weighted by Gasteiger charge is 2.42. The molecule has 1 aromatic carbocycles. The number of benzene rings is 1. The van der Waals surface area contributed by atoms with Crippen LogP contribution in [0.2, 0.25) is 0 Å². The number of ether oxygens (including phenoxy) is 1. The number of hydrogen-bond acceptors (Lipinski definition) is 4. The highest BCUT2D eigenvalue weighted by Crippen LogP contribution is 2.39. The molecule has 5 heteroatoms. The third-order valence-corrected chi connectivity index (χ3v) is 6.09. The van der Waals surface area contributed by atoms with Gasteiger partial charge in [0.1, 0.15) is 0 Å². The van der Waals surface area contributed by atoms with Crippen LogP contribution in [0.3, 0.4) is 0 Å². The molecule has 0 aliphatic carbocycles. The fraction of sp³-hybridized carbons (Fsp3) is 0.636. The number of carbonyl (C=O) groups is 2. The molecule has 0 N–H and O–H groups in total. The van der Waals surface area contributed by atoms with Gasteiger partial charge in [0.15, 0.2) is 0 Å². The average Bonchev–Trinajstić information content (AvgIpc) is 3.10. The Morgan fingerprint density at radius 1 is 1.07 bits per heavy atom. The third-order valence-electron chi connectivity index (χ3n) is 6.09. The van der Waals surface area contributed by atoms with Crippen LogP contribution in [0, 0.1) is 5.41 Å². The zero-order valence-electron chi connectivity index (χ0n) is 16.5. The predicted octanol–water partition coefficient (Wildman–Crippen LogP) is 2.89. The summed E-state index contributed by atoms with van der Waals surface area (Å²) < 4.78 is 4.64. The second kappa shape index (κ2) is 9.36. The van der Waals surface area contributed by atoms with Gasteiger partial charge in [-0.3, -0.25) is 9.59 Å². The summed E-state index contributed by atoms with van der Waals surface area (Å²) >= 11 is 0. The molecule has 2 aliphatic rings. The van der Waals surface area contributed by atoms with E-state index in [4.69, 9.17) is 0 Å². The summed E-state index contributed by atoms with van der Waals surface area (Å²) in [7, 11) is 1.39. The summed E-state index contributed by atoms with van der Waals surface area (Å²) in [6, 6.07) is 10.7. The van der Waals surface area contributed by atoms with Crippen molar-refractivity contribution in [1.29, 1.82) is 0 Å². The van der Waals surface area contributed by atoms with Gasteiger partial charge in [-0.2, -0.15) is 0 Å².